The monoisotopic (exact) mass is 322 g/mol. The lowest BCUT2D eigenvalue weighted by molar-refractivity contribution is 0.268. The highest BCUT2D eigenvalue weighted by Crippen LogP contribution is 2.13. The van der Waals surface area contributed by atoms with Crippen molar-refractivity contribution in [1.29, 1.82) is 0 Å². The molecule has 0 unspecified atom stereocenters. The molecule has 0 spiro atoms. The average molecular weight is 322 g/mol. The van der Waals surface area contributed by atoms with E-state index in [-0.39, 0.29) is 0 Å². The van der Waals surface area contributed by atoms with E-state index in [1.54, 1.807) is 12.4 Å². The Morgan fingerprint density at radius 3 is 1.35 bits per heavy atom. The highest BCUT2D eigenvalue weighted by atomic mass is 32.2. The number of hydrogen-bond donors (Lipinski definition) is 0. The molecule has 0 saturated carbocycles. The normalized spacial score (nSPS) is 19.5. The SMILES string of the molecule is CS(=O)(=O)N1C=CN(CCN2C=CN(S(C)(=O)=O)C2)C1. The van der Waals surface area contributed by atoms with Crippen LogP contribution in [0.5, 0.6) is 0 Å². The Kier molecular flexibility index (Phi) is 3.87. The summed E-state index contributed by atoms with van der Waals surface area (Å²) in [7, 11) is -6.42. The van der Waals surface area contributed by atoms with Crippen LogP contribution >= 0.6 is 0 Å². The topological polar surface area (TPSA) is 81.2 Å². The van der Waals surface area contributed by atoms with E-state index in [2.05, 4.69) is 0 Å². The van der Waals surface area contributed by atoms with Crippen LogP contribution in [0.2, 0.25) is 0 Å². The molecule has 2 rings (SSSR count). The molecule has 0 atom stereocenters. The Bertz CT molecular complexity index is 570. The van der Waals surface area contributed by atoms with Gasteiger partial charge in [0.15, 0.2) is 0 Å². The summed E-state index contributed by atoms with van der Waals surface area (Å²) >= 11 is 0. The minimum Gasteiger partial charge on any atom is -0.356 e. The molecule has 20 heavy (non-hydrogen) atoms. The Morgan fingerprint density at radius 1 is 0.750 bits per heavy atom. The van der Waals surface area contributed by atoms with Gasteiger partial charge in [0, 0.05) is 37.9 Å². The van der Waals surface area contributed by atoms with Crippen LogP contribution in [0.15, 0.2) is 24.8 Å². The first kappa shape index (κ1) is 15.0. The van der Waals surface area contributed by atoms with E-state index in [4.69, 9.17) is 0 Å². The number of hydrogen-bond acceptors (Lipinski definition) is 6. The molecular formula is C10H18N4O4S2. The molecule has 0 saturated heterocycles. The van der Waals surface area contributed by atoms with Gasteiger partial charge in [0.25, 0.3) is 0 Å². The van der Waals surface area contributed by atoms with Crippen LogP contribution < -0.4 is 0 Å². The maximum Gasteiger partial charge on any atom is 0.233 e. The van der Waals surface area contributed by atoms with Gasteiger partial charge in [-0.3, -0.25) is 8.61 Å². The van der Waals surface area contributed by atoms with Crippen molar-refractivity contribution in [3.63, 3.8) is 0 Å². The van der Waals surface area contributed by atoms with Crippen LogP contribution in [-0.2, 0) is 20.0 Å². The molecule has 0 radical (unpaired) electrons. The van der Waals surface area contributed by atoms with E-state index in [0.717, 1.165) is 12.5 Å². The number of nitrogens with zero attached hydrogens (tertiary/aromatic N) is 4. The second-order valence-electron chi connectivity index (χ2n) is 4.80. The Labute approximate surface area is 119 Å². The van der Waals surface area contributed by atoms with Gasteiger partial charge in [-0.2, -0.15) is 0 Å². The zero-order valence-electron chi connectivity index (χ0n) is 11.4. The Balaban J connectivity index is 1.79. The Hall–Kier alpha value is -1.42. The highest BCUT2D eigenvalue weighted by Gasteiger charge is 2.22. The molecule has 2 aliphatic heterocycles. The standard InChI is InChI=1S/C10H18N4O4S2/c1-19(15,16)13-7-5-11(9-13)3-4-12-6-8-14(10-12)20(2,17)18/h5-8H,3-4,9-10H2,1-2H3. The van der Waals surface area contributed by atoms with E-state index in [0.29, 0.717) is 26.4 Å². The maximum absolute atomic E-state index is 11.3. The molecule has 2 aliphatic rings. The fourth-order valence-corrected chi connectivity index (χ4v) is 3.13. The molecule has 8 nitrogen and oxygen atoms in total. The predicted octanol–water partition coefficient (Wildman–Crippen LogP) is -1.00. The summed E-state index contributed by atoms with van der Waals surface area (Å²) in [4.78, 5) is 3.72. The lowest BCUT2D eigenvalue weighted by Gasteiger charge is -2.24. The molecular weight excluding hydrogens is 304 g/mol. The van der Waals surface area contributed by atoms with Crippen LogP contribution in [0.4, 0.5) is 0 Å². The van der Waals surface area contributed by atoms with E-state index >= 15 is 0 Å². The van der Waals surface area contributed by atoms with Crippen LogP contribution in [-0.4, -0.2) is 74.2 Å². The van der Waals surface area contributed by atoms with Crippen molar-refractivity contribution >= 4 is 20.0 Å². The molecule has 0 fully saturated rings. The number of sulfonamides is 2. The molecule has 0 bridgehead atoms. The smallest absolute Gasteiger partial charge is 0.233 e. The van der Waals surface area contributed by atoms with E-state index in [1.807, 2.05) is 9.80 Å². The van der Waals surface area contributed by atoms with Gasteiger partial charge in [-0.25, -0.2) is 16.8 Å². The van der Waals surface area contributed by atoms with Gasteiger partial charge in [0.2, 0.25) is 20.0 Å². The first-order valence-electron chi connectivity index (χ1n) is 5.95. The van der Waals surface area contributed by atoms with Gasteiger partial charge < -0.3 is 9.80 Å². The molecule has 0 aromatic carbocycles. The van der Waals surface area contributed by atoms with Crippen molar-refractivity contribution in [3.8, 4) is 0 Å². The van der Waals surface area contributed by atoms with Crippen LogP contribution in [0.25, 0.3) is 0 Å². The minimum atomic E-state index is -3.21. The van der Waals surface area contributed by atoms with E-state index in [9.17, 15) is 16.8 Å². The van der Waals surface area contributed by atoms with E-state index in [1.165, 1.54) is 21.0 Å². The molecule has 0 aromatic heterocycles. The van der Waals surface area contributed by atoms with Crippen molar-refractivity contribution in [2.45, 2.75) is 0 Å². The fourth-order valence-electron chi connectivity index (χ4n) is 1.86. The van der Waals surface area contributed by atoms with Gasteiger partial charge in [0.1, 0.15) is 13.3 Å². The van der Waals surface area contributed by atoms with Crippen molar-refractivity contribution < 1.29 is 16.8 Å². The first-order chi connectivity index (χ1) is 9.16. The Morgan fingerprint density at radius 2 is 1.10 bits per heavy atom. The molecule has 0 aliphatic carbocycles. The fraction of sp³-hybridized carbons (Fsp3) is 0.600. The third-order valence-electron chi connectivity index (χ3n) is 3.06. The molecule has 0 N–H and O–H groups in total. The molecule has 0 amide bonds. The summed E-state index contributed by atoms with van der Waals surface area (Å²) in [5, 5.41) is 0. The third-order valence-corrected chi connectivity index (χ3v) is 5.23. The summed E-state index contributed by atoms with van der Waals surface area (Å²) in [6.45, 7) is 1.83. The average Bonchev–Trinajstić information content (AvgIpc) is 2.94. The van der Waals surface area contributed by atoms with Gasteiger partial charge in [0.05, 0.1) is 12.5 Å². The summed E-state index contributed by atoms with van der Waals surface area (Å²) in [5.41, 5.74) is 0. The van der Waals surface area contributed by atoms with Crippen molar-refractivity contribution in [3.05, 3.63) is 24.8 Å². The summed E-state index contributed by atoms with van der Waals surface area (Å²) in [6, 6.07) is 0. The van der Waals surface area contributed by atoms with Crippen molar-refractivity contribution in [2.24, 2.45) is 0 Å². The zero-order chi connectivity index (χ0) is 15.0. The van der Waals surface area contributed by atoms with Gasteiger partial charge in [-0.15, -0.1) is 0 Å². The molecule has 114 valence electrons. The quantitative estimate of drug-likeness (QED) is 0.646. The summed E-state index contributed by atoms with van der Waals surface area (Å²) in [6.07, 6.45) is 8.81. The second kappa shape index (κ2) is 5.17. The second-order valence-corrected chi connectivity index (χ2v) is 8.67. The molecule has 2 heterocycles. The zero-order valence-corrected chi connectivity index (χ0v) is 13.0. The largest absolute Gasteiger partial charge is 0.356 e. The molecule has 10 heteroatoms. The lowest BCUT2D eigenvalue weighted by atomic mass is 10.5. The molecule has 0 aromatic rings. The third kappa shape index (κ3) is 3.57. The highest BCUT2D eigenvalue weighted by molar-refractivity contribution is 7.88. The van der Waals surface area contributed by atoms with Crippen LogP contribution in [0, 0.1) is 0 Å². The van der Waals surface area contributed by atoms with Gasteiger partial charge in [-0.1, -0.05) is 0 Å². The van der Waals surface area contributed by atoms with E-state index < -0.39 is 20.0 Å². The van der Waals surface area contributed by atoms with Crippen molar-refractivity contribution in [2.75, 3.05) is 38.9 Å². The maximum atomic E-state index is 11.3. The first-order valence-corrected chi connectivity index (χ1v) is 9.64. The summed E-state index contributed by atoms with van der Waals surface area (Å²) in [5.74, 6) is 0. The van der Waals surface area contributed by atoms with Gasteiger partial charge in [-0.05, 0) is 0 Å². The van der Waals surface area contributed by atoms with Gasteiger partial charge >= 0.3 is 0 Å². The minimum absolute atomic E-state index is 0.298. The van der Waals surface area contributed by atoms with Crippen molar-refractivity contribution in [1.82, 2.24) is 18.4 Å². The van der Waals surface area contributed by atoms with Crippen LogP contribution in [0.1, 0.15) is 0 Å². The lowest BCUT2D eigenvalue weighted by Crippen LogP contribution is -2.36. The number of rotatable bonds is 5. The predicted molar refractivity (Wildman–Crippen MR) is 74.8 cm³/mol. The van der Waals surface area contributed by atoms with Crippen LogP contribution in [0.3, 0.4) is 0 Å². The summed E-state index contributed by atoms with van der Waals surface area (Å²) < 4.78 is 47.9.